The van der Waals surface area contributed by atoms with Crippen molar-refractivity contribution in [2.75, 3.05) is 13.2 Å². The molecule has 0 saturated carbocycles. The molecule has 0 aliphatic carbocycles. The lowest BCUT2D eigenvalue weighted by molar-refractivity contribution is -0.274. The van der Waals surface area contributed by atoms with Crippen molar-refractivity contribution in [1.82, 2.24) is 0 Å². The third-order valence-corrected chi connectivity index (χ3v) is 3.32. The molecule has 0 amide bonds. The summed E-state index contributed by atoms with van der Waals surface area (Å²) in [5.41, 5.74) is 0.693. The van der Waals surface area contributed by atoms with Gasteiger partial charge in [-0.25, -0.2) is 0 Å². The van der Waals surface area contributed by atoms with Crippen molar-refractivity contribution in [3.8, 4) is 5.75 Å². The van der Waals surface area contributed by atoms with Crippen LogP contribution in [0.3, 0.4) is 0 Å². The molecule has 116 valence electrons. The Morgan fingerprint density at radius 1 is 1.19 bits per heavy atom. The number of unbranched alkanes of at least 4 members (excludes halogenated alkanes) is 1. The van der Waals surface area contributed by atoms with Gasteiger partial charge in [0, 0.05) is 19.1 Å². The van der Waals surface area contributed by atoms with Crippen molar-refractivity contribution in [3.05, 3.63) is 24.3 Å². The van der Waals surface area contributed by atoms with Crippen LogP contribution in [0.1, 0.15) is 26.2 Å². The molecular formula is C14H18BF3O3. The van der Waals surface area contributed by atoms with Gasteiger partial charge in [-0.15, -0.1) is 13.2 Å². The maximum absolute atomic E-state index is 12.1. The van der Waals surface area contributed by atoms with Crippen molar-refractivity contribution in [1.29, 1.82) is 0 Å². The minimum Gasteiger partial charge on any atom is -0.407 e. The molecule has 1 aliphatic heterocycles. The summed E-state index contributed by atoms with van der Waals surface area (Å²) in [6.07, 6.45) is -1.32. The van der Waals surface area contributed by atoms with Crippen LogP contribution in [-0.4, -0.2) is 26.7 Å². The molecule has 0 N–H and O–H groups in total. The van der Waals surface area contributed by atoms with Gasteiger partial charge in [-0.2, -0.15) is 0 Å². The lowest BCUT2D eigenvalue weighted by atomic mass is 9.77. The molecule has 0 unspecified atom stereocenters. The minimum absolute atomic E-state index is 0.247. The third-order valence-electron chi connectivity index (χ3n) is 3.32. The van der Waals surface area contributed by atoms with Crippen molar-refractivity contribution < 1.29 is 27.2 Å². The number of hydrogen-bond donors (Lipinski definition) is 0. The van der Waals surface area contributed by atoms with E-state index in [9.17, 15) is 13.2 Å². The Morgan fingerprint density at radius 2 is 1.81 bits per heavy atom. The highest BCUT2D eigenvalue weighted by Crippen LogP contribution is 2.22. The predicted molar refractivity (Wildman–Crippen MR) is 73.4 cm³/mol. The summed E-state index contributed by atoms with van der Waals surface area (Å²) in [6, 6.07) is 5.58. The SMILES string of the molecule is CCCCC1COB(c2ccc(OC(F)(F)F)cc2)OC1. The molecule has 1 heterocycles. The maximum atomic E-state index is 12.1. The highest BCUT2D eigenvalue weighted by molar-refractivity contribution is 6.61. The normalized spacial score (nSPS) is 17.0. The van der Waals surface area contributed by atoms with Gasteiger partial charge in [-0.3, -0.25) is 0 Å². The molecule has 2 rings (SSSR count). The lowest BCUT2D eigenvalue weighted by Crippen LogP contribution is -2.44. The Kier molecular flexibility index (Phi) is 5.53. The maximum Gasteiger partial charge on any atom is 0.573 e. The van der Waals surface area contributed by atoms with Crippen LogP contribution in [-0.2, 0) is 9.31 Å². The first-order valence-corrected chi connectivity index (χ1v) is 7.07. The van der Waals surface area contributed by atoms with Crippen LogP contribution in [0.15, 0.2) is 24.3 Å². The van der Waals surface area contributed by atoms with E-state index in [1.54, 1.807) is 0 Å². The molecule has 7 heteroatoms. The minimum atomic E-state index is -4.67. The second-order valence-electron chi connectivity index (χ2n) is 5.12. The summed E-state index contributed by atoms with van der Waals surface area (Å²) in [6.45, 7) is 3.37. The van der Waals surface area contributed by atoms with Crippen LogP contribution in [0, 0.1) is 5.92 Å². The Hall–Kier alpha value is -1.21. The van der Waals surface area contributed by atoms with E-state index in [1.807, 2.05) is 0 Å². The molecule has 0 spiro atoms. The van der Waals surface area contributed by atoms with E-state index in [0.29, 0.717) is 24.6 Å². The monoisotopic (exact) mass is 302 g/mol. The third kappa shape index (κ3) is 5.24. The molecule has 1 aliphatic rings. The van der Waals surface area contributed by atoms with E-state index in [0.717, 1.165) is 19.3 Å². The Bertz CT molecular complexity index is 428. The zero-order valence-corrected chi connectivity index (χ0v) is 11.9. The number of hydrogen-bond acceptors (Lipinski definition) is 3. The first kappa shape index (κ1) is 16.2. The molecule has 1 aromatic carbocycles. The van der Waals surface area contributed by atoms with Gasteiger partial charge in [-0.1, -0.05) is 31.9 Å². The second kappa shape index (κ2) is 7.18. The summed E-state index contributed by atoms with van der Waals surface area (Å²) < 4.78 is 51.3. The molecule has 0 radical (unpaired) electrons. The lowest BCUT2D eigenvalue weighted by Gasteiger charge is -2.27. The van der Waals surface area contributed by atoms with Crippen molar-refractivity contribution in [3.63, 3.8) is 0 Å². The van der Waals surface area contributed by atoms with Crippen molar-refractivity contribution in [2.24, 2.45) is 5.92 Å². The van der Waals surface area contributed by atoms with Gasteiger partial charge in [0.15, 0.2) is 0 Å². The number of benzene rings is 1. The molecular weight excluding hydrogens is 284 g/mol. The van der Waals surface area contributed by atoms with E-state index in [4.69, 9.17) is 9.31 Å². The average Bonchev–Trinajstić information content (AvgIpc) is 2.45. The van der Waals surface area contributed by atoms with Crippen LogP contribution >= 0.6 is 0 Å². The summed E-state index contributed by atoms with van der Waals surface area (Å²) in [5, 5.41) is 0. The van der Waals surface area contributed by atoms with Gasteiger partial charge in [-0.05, 0) is 24.0 Å². The van der Waals surface area contributed by atoms with E-state index < -0.39 is 13.5 Å². The topological polar surface area (TPSA) is 27.7 Å². The van der Waals surface area contributed by atoms with Crippen LogP contribution < -0.4 is 10.2 Å². The number of alkyl halides is 3. The Morgan fingerprint density at radius 3 is 2.33 bits per heavy atom. The van der Waals surface area contributed by atoms with Gasteiger partial charge >= 0.3 is 13.5 Å². The average molecular weight is 302 g/mol. The van der Waals surface area contributed by atoms with Gasteiger partial charge in [0.05, 0.1) is 0 Å². The fraction of sp³-hybridized carbons (Fsp3) is 0.571. The number of ether oxygens (including phenoxy) is 1. The van der Waals surface area contributed by atoms with Gasteiger partial charge < -0.3 is 14.0 Å². The largest absolute Gasteiger partial charge is 0.573 e. The zero-order chi connectivity index (χ0) is 15.3. The van der Waals surface area contributed by atoms with Crippen molar-refractivity contribution in [2.45, 2.75) is 32.5 Å². The van der Waals surface area contributed by atoms with E-state index in [2.05, 4.69) is 11.7 Å². The predicted octanol–water partition coefficient (Wildman–Crippen LogP) is 3.13. The van der Waals surface area contributed by atoms with Crippen LogP contribution in [0.25, 0.3) is 0 Å². The van der Waals surface area contributed by atoms with Crippen molar-refractivity contribution >= 4 is 12.6 Å². The molecule has 1 saturated heterocycles. The highest BCUT2D eigenvalue weighted by Gasteiger charge is 2.32. The smallest absolute Gasteiger partial charge is 0.407 e. The van der Waals surface area contributed by atoms with Gasteiger partial charge in [0.1, 0.15) is 5.75 Å². The molecule has 3 nitrogen and oxygen atoms in total. The second-order valence-corrected chi connectivity index (χ2v) is 5.12. The van der Waals surface area contributed by atoms with E-state index >= 15 is 0 Å². The van der Waals surface area contributed by atoms with Crippen LogP contribution in [0.2, 0.25) is 0 Å². The fourth-order valence-corrected chi connectivity index (χ4v) is 2.22. The fourth-order valence-electron chi connectivity index (χ4n) is 2.22. The molecule has 0 aromatic heterocycles. The van der Waals surface area contributed by atoms with Crippen LogP contribution in [0.4, 0.5) is 13.2 Å². The summed E-state index contributed by atoms with van der Waals surface area (Å²) in [4.78, 5) is 0. The summed E-state index contributed by atoms with van der Waals surface area (Å²) in [7, 11) is -0.511. The number of halogens is 3. The van der Waals surface area contributed by atoms with Crippen LogP contribution in [0.5, 0.6) is 5.75 Å². The zero-order valence-electron chi connectivity index (χ0n) is 11.9. The highest BCUT2D eigenvalue weighted by atomic mass is 19.4. The van der Waals surface area contributed by atoms with E-state index in [1.165, 1.54) is 24.3 Å². The first-order valence-electron chi connectivity index (χ1n) is 7.07. The standard InChI is InChI=1S/C14H18BF3O3/c1-2-3-4-11-9-19-15(20-10-11)12-5-7-13(8-6-12)21-14(16,17)18/h5-8,11H,2-4,9-10H2,1H3. The van der Waals surface area contributed by atoms with Gasteiger partial charge in [0.25, 0.3) is 0 Å². The summed E-state index contributed by atoms with van der Waals surface area (Å²) >= 11 is 0. The Balaban J connectivity index is 1.86. The molecule has 1 aromatic rings. The summed E-state index contributed by atoms with van der Waals surface area (Å²) in [5.74, 6) is 0.150. The Labute approximate surface area is 122 Å². The van der Waals surface area contributed by atoms with Gasteiger partial charge in [0.2, 0.25) is 0 Å². The quantitative estimate of drug-likeness (QED) is 0.782. The first-order chi connectivity index (χ1) is 9.98. The number of rotatable bonds is 5. The molecule has 0 bridgehead atoms. The molecule has 0 atom stereocenters. The molecule has 21 heavy (non-hydrogen) atoms. The molecule has 1 fully saturated rings. The van der Waals surface area contributed by atoms with E-state index in [-0.39, 0.29) is 5.75 Å².